The molecule has 24 heavy (non-hydrogen) atoms. The molecule has 0 saturated heterocycles. The molecule has 1 atom stereocenters. The summed E-state index contributed by atoms with van der Waals surface area (Å²) in [5.41, 5.74) is 1.75. The highest BCUT2D eigenvalue weighted by Crippen LogP contribution is 2.39. The first-order valence-corrected chi connectivity index (χ1v) is 8.63. The molecular weight excluding hydrogens is 322 g/mol. The molecule has 1 heterocycles. The maximum Gasteiger partial charge on any atom is 0.220 e. The van der Waals surface area contributed by atoms with E-state index in [4.69, 9.17) is 16.3 Å². The predicted molar refractivity (Wildman–Crippen MR) is 96.4 cm³/mol. The van der Waals surface area contributed by atoms with Crippen LogP contribution in [0.25, 0.3) is 0 Å². The van der Waals surface area contributed by atoms with E-state index < -0.39 is 0 Å². The van der Waals surface area contributed by atoms with Crippen LogP contribution in [0.5, 0.6) is 5.75 Å². The quantitative estimate of drug-likeness (QED) is 0.874. The summed E-state index contributed by atoms with van der Waals surface area (Å²) < 4.78 is 6.01. The minimum Gasteiger partial charge on any atom is -0.487 e. The predicted octanol–water partition coefficient (Wildman–Crippen LogP) is 4.69. The van der Waals surface area contributed by atoms with Gasteiger partial charge in [0.2, 0.25) is 5.91 Å². The summed E-state index contributed by atoms with van der Waals surface area (Å²) in [7, 11) is 0. The second-order valence-electron chi connectivity index (χ2n) is 6.82. The first-order chi connectivity index (χ1) is 11.4. The van der Waals surface area contributed by atoms with Crippen LogP contribution in [0.4, 0.5) is 0 Å². The lowest BCUT2D eigenvalue weighted by atomic mass is 9.89. The van der Waals surface area contributed by atoms with Gasteiger partial charge in [-0.1, -0.05) is 48.0 Å². The van der Waals surface area contributed by atoms with Gasteiger partial charge in [0, 0.05) is 23.4 Å². The number of halogens is 1. The Hall–Kier alpha value is -2.00. The molecule has 1 N–H and O–H groups in total. The van der Waals surface area contributed by atoms with Gasteiger partial charge in [0.25, 0.3) is 0 Å². The van der Waals surface area contributed by atoms with E-state index in [9.17, 15) is 4.79 Å². The van der Waals surface area contributed by atoms with Gasteiger partial charge in [-0.3, -0.25) is 4.79 Å². The van der Waals surface area contributed by atoms with Gasteiger partial charge in [0.15, 0.2) is 0 Å². The molecule has 2 aromatic rings. The number of ether oxygens (including phenoxy) is 1. The fourth-order valence-electron chi connectivity index (χ4n) is 3.15. The van der Waals surface area contributed by atoms with Crippen LogP contribution in [-0.2, 0) is 11.2 Å². The SMILES string of the molecule is CC1(C)CC(NC(=O)CCc2ccccc2Cl)c2ccccc2O1. The van der Waals surface area contributed by atoms with Gasteiger partial charge in [-0.05, 0) is 38.0 Å². The molecule has 1 unspecified atom stereocenters. The number of benzene rings is 2. The number of rotatable bonds is 4. The molecular formula is C20H22ClNO2. The third-order valence-electron chi connectivity index (χ3n) is 4.29. The Balaban J connectivity index is 1.67. The van der Waals surface area contributed by atoms with Crippen molar-refractivity contribution in [2.45, 2.75) is 44.8 Å². The summed E-state index contributed by atoms with van der Waals surface area (Å²) in [6.45, 7) is 4.09. The zero-order valence-electron chi connectivity index (χ0n) is 14.0. The number of para-hydroxylation sites is 1. The highest BCUT2D eigenvalue weighted by Gasteiger charge is 2.34. The highest BCUT2D eigenvalue weighted by atomic mass is 35.5. The maximum atomic E-state index is 12.4. The van der Waals surface area contributed by atoms with E-state index in [1.807, 2.05) is 62.4 Å². The van der Waals surface area contributed by atoms with Crippen LogP contribution in [0, 0.1) is 0 Å². The lowest BCUT2D eigenvalue weighted by Crippen LogP contribution is -2.41. The van der Waals surface area contributed by atoms with E-state index in [0.29, 0.717) is 17.9 Å². The third kappa shape index (κ3) is 3.90. The first-order valence-electron chi connectivity index (χ1n) is 8.25. The van der Waals surface area contributed by atoms with Crippen molar-refractivity contribution in [1.29, 1.82) is 0 Å². The minimum atomic E-state index is -0.297. The maximum absolute atomic E-state index is 12.4. The van der Waals surface area contributed by atoms with E-state index in [1.165, 1.54) is 0 Å². The van der Waals surface area contributed by atoms with Crippen LogP contribution in [0.3, 0.4) is 0 Å². The van der Waals surface area contributed by atoms with Crippen molar-refractivity contribution in [2.75, 3.05) is 0 Å². The molecule has 0 saturated carbocycles. The van der Waals surface area contributed by atoms with E-state index >= 15 is 0 Å². The lowest BCUT2D eigenvalue weighted by Gasteiger charge is -2.37. The number of carbonyl (C=O) groups excluding carboxylic acids is 1. The first kappa shape index (κ1) is 16.8. The molecule has 0 aromatic heterocycles. The average molecular weight is 344 g/mol. The number of amides is 1. The van der Waals surface area contributed by atoms with E-state index in [-0.39, 0.29) is 17.6 Å². The summed E-state index contributed by atoms with van der Waals surface area (Å²) in [6.07, 6.45) is 1.81. The molecule has 126 valence electrons. The molecule has 0 fully saturated rings. The molecule has 4 heteroatoms. The fourth-order valence-corrected chi connectivity index (χ4v) is 3.38. The Morgan fingerprint density at radius 1 is 1.21 bits per heavy atom. The molecule has 3 nitrogen and oxygen atoms in total. The van der Waals surface area contributed by atoms with Crippen molar-refractivity contribution in [1.82, 2.24) is 5.32 Å². The van der Waals surface area contributed by atoms with Crippen LogP contribution in [0.15, 0.2) is 48.5 Å². The highest BCUT2D eigenvalue weighted by molar-refractivity contribution is 6.31. The minimum absolute atomic E-state index is 0.0244. The molecule has 1 amide bonds. The Bertz CT molecular complexity index is 742. The van der Waals surface area contributed by atoms with Crippen LogP contribution in [0.1, 0.15) is 43.9 Å². The van der Waals surface area contributed by atoms with E-state index in [2.05, 4.69) is 5.32 Å². The molecule has 0 radical (unpaired) electrons. The summed E-state index contributed by atoms with van der Waals surface area (Å²) in [4.78, 5) is 12.4. The molecule has 3 rings (SSSR count). The summed E-state index contributed by atoms with van der Waals surface area (Å²) >= 11 is 6.16. The van der Waals surface area contributed by atoms with Gasteiger partial charge in [0.1, 0.15) is 11.4 Å². The largest absolute Gasteiger partial charge is 0.487 e. The van der Waals surface area contributed by atoms with E-state index in [0.717, 1.165) is 23.3 Å². The number of hydrogen-bond acceptors (Lipinski definition) is 2. The zero-order valence-corrected chi connectivity index (χ0v) is 14.8. The van der Waals surface area contributed by atoms with Crippen molar-refractivity contribution in [3.05, 3.63) is 64.7 Å². The Kier molecular flexibility index (Phi) is 4.81. The van der Waals surface area contributed by atoms with Gasteiger partial charge in [-0.2, -0.15) is 0 Å². The summed E-state index contributed by atoms with van der Waals surface area (Å²) in [6, 6.07) is 15.5. The second-order valence-corrected chi connectivity index (χ2v) is 7.22. The van der Waals surface area contributed by atoms with Gasteiger partial charge in [0.05, 0.1) is 6.04 Å². The fraction of sp³-hybridized carbons (Fsp3) is 0.350. The number of nitrogens with one attached hydrogen (secondary N) is 1. The summed E-state index contributed by atoms with van der Waals surface area (Å²) in [5, 5.41) is 3.87. The Morgan fingerprint density at radius 2 is 1.92 bits per heavy atom. The smallest absolute Gasteiger partial charge is 0.220 e. The molecule has 2 aromatic carbocycles. The molecule has 0 spiro atoms. The Labute approximate surface area is 148 Å². The molecule has 0 bridgehead atoms. The normalized spacial score (nSPS) is 18.4. The van der Waals surface area contributed by atoms with E-state index in [1.54, 1.807) is 0 Å². The third-order valence-corrected chi connectivity index (χ3v) is 4.66. The van der Waals surface area contributed by atoms with Gasteiger partial charge < -0.3 is 10.1 Å². The topological polar surface area (TPSA) is 38.3 Å². The number of aryl methyl sites for hydroxylation is 1. The number of hydrogen-bond donors (Lipinski definition) is 1. The van der Waals surface area contributed by atoms with Crippen LogP contribution in [-0.4, -0.2) is 11.5 Å². The Morgan fingerprint density at radius 3 is 2.71 bits per heavy atom. The van der Waals surface area contributed by atoms with Gasteiger partial charge in [-0.25, -0.2) is 0 Å². The molecule has 1 aliphatic rings. The lowest BCUT2D eigenvalue weighted by molar-refractivity contribution is -0.122. The van der Waals surface area contributed by atoms with Crippen LogP contribution in [0.2, 0.25) is 5.02 Å². The summed E-state index contributed by atoms with van der Waals surface area (Å²) in [5.74, 6) is 0.887. The molecule has 1 aliphatic heterocycles. The number of carbonyl (C=O) groups is 1. The second kappa shape index (κ2) is 6.86. The van der Waals surface area contributed by atoms with Crippen LogP contribution >= 0.6 is 11.6 Å². The van der Waals surface area contributed by atoms with Gasteiger partial charge >= 0.3 is 0 Å². The average Bonchev–Trinajstić information content (AvgIpc) is 2.53. The monoisotopic (exact) mass is 343 g/mol. The van der Waals surface area contributed by atoms with Gasteiger partial charge in [-0.15, -0.1) is 0 Å². The van der Waals surface area contributed by atoms with Crippen molar-refractivity contribution in [2.24, 2.45) is 0 Å². The molecule has 0 aliphatic carbocycles. The number of fused-ring (bicyclic) bond motifs is 1. The zero-order chi connectivity index (χ0) is 17.2. The van der Waals surface area contributed by atoms with Crippen molar-refractivity contribution in [3.8, 4) is 5.75 Å². The standard InChI is InChI=1S/C20H22ClNO2/c1-20(2)13-17(15-8-4-6-10-18(15)24-20)22-19(23)12-11-14-7-3-5-9-16(14)21/h3-10,17H,11-13H2,1-2H3,(H,22,23). The van der Waals surface area contributed by atoms with Crippen molar-refractivity contribution < 1.29 is 9.53 Å². The van der Waals surface area contributed by atoms with Crippen LogP contribution < -0.4 is 10.1 Å². The van der Waals surface area contributed by atoms with Crippen molar-refractivity contribution >= 4 is 17.5 Å². The van der Waals surface area contributed by atoms with Crippen molar-refractivity contribution in [3.63, 3.8) is 0 Å².